The van der Waals surface area contributed by atoms with Crippen molar-refractivity contribution >= 4 is 45.7 Å². The average Bonchev–Trinajstić information content (AvgIpc) is 2.95. The number of aryl methyl sites for hydroxylation is 3. The van der Waals surface area contributed by atoms with Gasteiger partial charge < -0.3 is 14.2 Å². The molecule has 0 bridgehead atoms. The van der Waals surface area contributed by atoms with Crippen LogP contribution in [0.25, 0.3) is 22.1 Å². The Morgan fingerprint density at radius 1 is 0.929 bits per heavy atom. The van der Waals surface area contributed by atoms with Gasteiger partial charge in [-0.15, -0.1) is 0 Å². The highest BCUT2D eigenvalue weighted by molar-refractivity contribution is 6.37. The summed E-state index contributed by atoms with van der Waals surface area (Å²) in [5, 5.41) is 4.56. The average molecular weight is 414 g/mol. The molecule has 4 nitrogen and oxygen atoms in total. The van der Waals surface area contributed by atoms with Crippen LogP contribution in [0.5, 0.6) is 0 Å². The quantitative estimate of drug-likeness (QED) is 0.391. The molecule has 6 heteroatoms. The zero-order valence-electron chi connectivity index (χ0n) is 15.5. The number of hydrogen-bond donors (Lipinski definition) is 1. The molecule has 0 aliphatic heterocycles. The lowest BCUT2D eigenvalue weighted by atomic mass is 10.0. The molecule has 4 rings (SSSR count). The zero-order chi connectivity index (χ0) is 20.0. The van der Waals surface area contributed by atoms with Crippen LogP contribution >= 0.6 is 23.2 Å². The molecule has 4 aromatic rings. The predicted octanol–water partition coefficient (Wildman–Crippen LogP) is 7.03. The molecule has 2 aromatic heterocycles. The summed E-state index contributed by atoms with van der Waals surface area (Å²) >= 11 is 12.5. The van der Waals surface area contributed by atoms with Crippen LogP contribution in [0.2, 0.25) is 10.0 Å². The van der Waals surface area contributed by atoms with E-state index < -0.39 is 5.63 Å². The monoisotopic (exact) mass is 413 g/mol. The van der Waals surface area contributed by atoms with Crippen LogP contribution in [0.15, 0.2) is 56.1 Å². The first-order chi connectivity index (χ1) is 13.3. The maximum Gasteiger partial charge on any atom is 0.347 e. The van der Waals surface area contributed by atoms with Gasteiger partial charge in [0.05, 0.1) is 10.6 Å². The summed E-state index contributed by atoms with van der Waals surface area (Å²) in [6.45, 7) is 5.74. The molecule has 0 spiro atoms. The SMILES string of the molecule is Cc1ccc(Nc2oc3cc(C)oc(=O)c3c2-c2ccc(Cl)cc2Cl)c(C)c1. The molecule has 1 N–H and O–H groups in total. The molecular formula is C22H17Cl2NO3. The summed E-state index contributed by atoms with van der Waals surface area (Å²) < 4.78 is 11.3. The molecule has 0 amide bonds. The van der Waals surface area contributed by atoms with Crippen LogP contribution < -0.4 is 10.9 Å². The van der Waals surface area contributed by atoms with E-state index in [9.17, 15) is 4.79 Å². The van der Waals surface area contributed by atoms with E-state index in [4.69, 9.17) is 32.0 Å². The van der Waals surface area contributed by atoms with E-state index >= 15 is 0 Å². The van der Waals surface area contributed by atoms with Crippen LogP contribution in [0.3, 0.4) is 0 Å². The van der Waals surface area contributed by atoms with E-state index in [1.807, 2.05) is 26.0 Å². The molecule has 0 radical (unpaired) electrons. The van der Waals surface area contributed by atoms with E-state index in [-0.39, 0.29) is 0 Å². The Bertz CT molecular complexity index is 1270. The van der Waals surface area contributed by atoms with Gasteiger partial charge in [0.1, 0.15) is 16.7 Å². The van der Waals surface area contributed by atoms with Gasteiger partial charge in [-0.05, 0) is 44.5 Å². The number of anilines is 2. The minimum atomic E-state index is -0.478. The Labute approximate surface area is 171 Å². The van der Waals surface area contributed by atoms with Gasteiger partial charge in [0.15, 0.2) is 0 Å². The molecule has 0 aliphatic carbocycles. The molecule has 142 valence electrons. The molecule has 0 saturated heterocycles. The Morgan fingerprint density at radius 2 is 1.71 bits per heavy atom. The van der Waals surface area contributed by atoms with Gasteiger partial charge >= 0.3 is 5.63 Å². The number of halogens is 2. The van der Waals surface area contributed by atoms with Crippen molar-refractivity contribution in [1.82, 2.24) is 0 Å². The molecule has 0 aliphatic rings. The number of fused-ring (bicyclic) bond motifs is 1. The van der Waals surface area contributed by atoms with Crippen molar-refractivity contribution in [1.29, 1.82) is 0 Å². The highest BCUT2D eigenvalue weighted by Crippen LogP contribution is 2.42. The summed E-state index contributed by atoms with van der Waals surface area (Å²) in [5.74, 6) is 0.891. The van der Waals surface area contributed by atoms with Crippen molar-refractivity contribution in [2.75, 3.05) is 5.32 Å². The number of hydrogen-bond acceptors (Lipinski definition) is 4. The highest BCUT2D eigenvalue weighted by Gasteiger charge is 2.23. The maximum atomic E-state index is 12.6. The molecule has 0 unspecified atom stereocenters. The molecule has 0 atom stereocenters. The van der Waals surface area contributed by atoms with Crippen LogP contribution in [-0.2, 0) is 0 Å². The van der Waals surface area contributed by atoms with Gasteiger partial charge in [-0.25, -0.2) is 4.79 Å². The lowest BCUT2D eigenvalue weighted by Gasteiger charge is -2.11. The fourth-order valence-electron chi connectivity index (χ4n) is 3.28. The van der Waals surface area contributed by atoms with Gasteiger partial charge in [-0.2, -0.15) is 0 Å². The first-order valence-corrected chi connectivity index (χ1v) is 9.46. The van der Waals surface area contributed by atoms with E-state index in [0.717, 1.165) is 16.8 Å². The van der Waals surface area contributed by atoms with E-state index in [0.29, 0.717) is 43.8 Å². The fraction of sp³-hybridized carbons (Fsp3) is 0.136. The Kier molecular flexibility index (Phi) is 4.69. The molecule has 0 saturated carbocycles. The first-order valence-electron chi connectivity index (χ1n) is 8.70. The Morgan fingerprint density at radius 3 is 2.43 bits per heavy atom. The summed E-state index contributed by atoms with van der Waals surface area (Å²) in [6.07, 6.45) is 0. The minimum absolute atomic E-state index is 0.335. The van der Waals surface area contributed by atoms with Crippen LogP contribution in [0.1, 0.15) is 16.9 Å². The Hall–Kier alpha value is -2.69. The number of rotatable bonds is 3. The van der Waals surface area contributed by atoms with Crippen molar-refractivity contribution in [2.45, 2.75) is 20.8 Å². The fourth-order valence-corrected chi connectivity index (χ4v) is 3.78. The van der Waals surface area contributed by atoms with Crippen LogP contribution in [0.4, 0.5) is 11.6 Å². The van der Waals surface area contributed by atoms with Gasteiger partial charge in [-0.1, -0.05) is 47.0 Å². The van der Waals surface area contributed by atoms with Crippen LogP contribution in [-0.4, -0.2) is 0 Å². The topological polar surface area (TPSA) is 55.4 Å². The second-order valence-electron chi connectivity index (χ2n) is 6.76. The van der Waals surface area contributed by atoms with Crippen molar-refractivity contribution in [3.8, 4) is 11.1 Å². The van der Waals surface area contributed by atoms with E-state index in [2.05, 4.69) is 11.4 Å². The van der Waals surface area contributed by atoms with Crippen LogP contribution in [0, 0.1) is 20.8 Å². The minimum Gasteiger partial charge on any atom is -0.439 e. The normalized spacial score (nSPS) is 11.2. The number of furan rings is 1. The number of nitrogens with one attached hydrogen (secondary N) is 1. The van der Waals surface area contributed by atoms with Crippen molar-refractivity contribution < 1.29 is 8.83 Å². The number of benzene rings is 2. The summed E-state index contributed by atoms with van der Waals surface area (Å²) in [4.78, 5) is 12.6. The summed E-state index contributed by atoms with van der Waals surface area (Å²) in [7, 11) is 0. The van der Waals surface area contributed by atoms with Gasteiger partial charge in [-0.3, -0.25) is 0 Å². The zero-order valence-corrected chi connectivity index (χ0v) is 17.0. The molecular weight excluding hydrogens is 397 g/mol. The van der Waals surface area contributed by atoms with Crippen molar-refractivity contribution in [3.63, 3.8) is 0 Å². The van der Waals surface area contributed by atoms with E-state index in [1.54, 1.807) is 31.2 Å². The highest BCUT2D eigenvalue weighted by atomic mass is 35.5. The smallest absolute Gasteiger partial charge is 0.347 e. The van der Waals surface area contributed by atoms with E-state index in [1.165, 1.54) is 0 Å². The summed E-state index contributed by atoms with van der Waals surface area (Å²) in [5.41, 5.74) is 4.22. The molecule has 2 aromatic carbocycles. The largest absolute Gasteiger partial charge is 0.439 e. The van der Waals surface area contributed by atoms with Crippen molar-refractivity contribution in [3.05, 3.63) is 79.8 Å². The van der Waals surface area contributed by atoms with Gasteiger partial charge in [0.25, 0.3) is 0 Å². The first kappa shape index (κ1) is 18.7. The predicted molar refractivity (Wildman–Crippen MR) is 114 cm³/mol. The Balaban J connectivity index is 2.00. The lowest BCUT2D eigenvalue weighted by Crippen LogP contribution is -2.01. The summed E-state index contributed by atoms with van der Waals surface area (Å²) in [6, 6.07) is 12.9. The third-order valence-corrected chi connectivity index (χ3v) is 5.11. The maximum absolute atomic E-state index is 12.6. The third kappa shape index (κ3) is 3.30. The molecule has 2 heterocycles. The van der Waals surface area contributed by atoms with Crippen molar-refractivity contribution in [2.24, 2.45) is 0 Å². The molecule has 28 heavy (non-hydrogen) atoms. The second-order valence-corrected chi connectivity index (χ2v) is 7.60. The third-order valence-electron chi connectivity index (χ3n) is 4.56. The van der Waals surface area contributed by atoms with Gasteiger partial charge in [0.2, 0.25) is 5.88 Å². The second kappa shape index (κ2) is 7.04. The lowest BCUT2D eigenvalue weighted by molar-refractivity contribution is 0.485. The molecule has 0 fully saturated rings. The standard InChI is InChI=1S/C22H17Cl2NO3/c1-11-4-7-17(12(2)8-11)25-21-19(15-6-5-14(23)10-16(15)24)20-18(28-21)9-13(3)27-22(20)26/h4-10,25H,1-3H3. The van der Waals surface area contributed by atoms with Gasteiger partial charge in [0, 0.05) is 22.3 Å².